The fourth-order valence-corrected chi connectivity index (χ4v) is 0.849. The van der Waals surface area contributed by atoms with Crippen molar-refractivity contribution in [3.8, 4) is 0 Å². The van der Waals surface area contributed by atoms with Crippen LogP contribution in [-0.2, 0) is 0 Å². The van der Waals surface area contributed by atoms with E-state index in [1.54, 1.807) is 6.92 Å². The molecule has 0 rings (SSSR count). The molecule has 0 aliphatic carbocycles. The molecule has 5 nitrogen and oxygen atoms in total. The third-order valence-electron chi connectivity index (χ3n) is 1.58. The predicted octanol–water partition coefficient (Wildman–Crippen LogP) is -0.224. The summed E-state index contributed by atoms with van der Waals surface area (Å²) in [6.07, 6.45) is -0.941. The van der Waals surface area contributed by atoms with Crippen molar-refractivity contribution >= 4 is 6.09 Å². The molecule has 0 aromatic carbocycles. The number of aliphatic hydroxyl groups is 2. The number of carbonyl (C=O) groups is 1. The molecular formula is C7H15NO4. The number of nitrogens with one attached hydrogen (secondary N) is 1. The normalized spacial score (nSPS) is 15.2. The van der Waals surface area contributed by atoms with E-state index < -0.39 is 18.2 Å². The van der Waals surface area contributed by atoms with Gasteiger partial charge in [-0.15, -0.1) is 0 Å². The van der Waals surface area contributed by atoms with Gasteiger partial charge in [-0.05, 0) is 12.8 Å². The maximum absolute atomic E-state index is 10.1. The molecule has 4 N–H and O–H groups in total. The first kappa shape index (κ1) is 11.2. The zero-order valence-corrected chi connectivity index (χ0v) is 7.03. The van der Waals surface area contributed by atoms with Crippen LogP contribution in [0.1, 0.15) is 19.8 Å². The van der Waals surface area contributed by atoms with E-state index in [0.717, 1.165) is 0 Å². The summed E-state index contributed by atoms with van der Waals surface area (Å²) in [6.45, 7) is 1.50. The quantitative estimate of drug-likeness (QED) is 0.467. The van der Waals surface area contributed by atoms with Crippen LogP contribution in [0.3, 0.4) is 0 Å². The van der Waals surface area contributed by atoms with Crippen LogP contribution < -0.4 is 5.32 Å². The lowest BCUT2D eigenvalue weighted by Gasteiger charge is -2.16. The summed E-state index contributed by atoms with van der Waals surface area (Å²) < 4.78 is 0. The van der Waals surface area contributed by atoms with Gasteiger partial charge >= 0.3 is 6.09 Å². The summed E-state index contributed by atoms with van der Waals surface area (Å²) in [6, 6.07) is -0.572. The summed E-state index contributed by atoms with van der Waals surface area (Å²) in [5, 5.41) is 28.2. The van der Waals surface area contributed by atoms with Crippen LogP contribution in [0.25, 0.3) is 0 Å². The highest BCUT2D eigenvalue weighted by Crippen LogP contribution is 2.01. The second kappa shape index (κ2) is 5.79. The molecule has 0 bridgehead atoms. The van der Waals surface area contributed by atoms with Crippen molar-refractivity contribution in [3.63, 3.8) is 0 Å². The van der Waals surface area contributed by atoms with Crippen molar-refractivity contribution in [3.05, 3.63) is 0 Å². The molecular weight excluding hydrogens is 162 g/mol. The molecule has 0 aromatic rings. The van der Waals surface area contributed by atoms with Gasteiger partial charge in [0, 0.05) is 0 Å². The Morgan fingerprint density at radius 2 is 2.17 bits per heavy atom. The van der Waals surface area contributed by atoms with Crippen molar-refractivity contribution in [2.45, 2.75) is 31.9 Å². The van der Waals surface area contributed by atoms with Crippen LogP contribution in [0.2, 0.25) is 0 Å². The first-order valence-electron chi connectivity index (χ1n) is 3.88. The maximum atomic E-state index is 10.1. The summed E-state index contributed by atoms with van der Waals surface area (Å²) in [5.41, 5.74) is 0. The van der Waals surface area contributed by atoms with Gasteiger partial charge in [0.05, 0.1) is 18.8 Å². The molecule has 2 unspecified atom stereocenters. The summed E-state index contributed by atoms with van der Waals surface area (Å²) in [5.74, 6) is 0. The number of rotatable bonds is 5. The zero-order chi connectivity index (χ0) is 9.56. The average Bonchev–Trinajstić information content (AvgIpc) is 2.02. The fraction of sp³-hybridized carbons (Fsp3) is 0.857. The van der Waals surface area contributed by atoms with Gasteiger partial charge in [-0.3, -0.25) is 0 Å². The third kappa shape index (κ3) is 4.92. The minimum Gasteiger partial charge on any atom is -0.465 e. The van der Waals surface area contributed by atoms with Crippen molar-refractivity contribution in [2.24, 2.45) is 0 Å². The summed E-state index contributed by atoms with van der Waals surface area (Å²) in [7, 11) is 0. The second-order valence-corrected chi connectivity index (χ2v) is 2.63. The number of carboxylic acid groups (broad SMARTS) is 1. The monoisotopic (exact) mass is 177 g/mol. The van der Waals surface area contributed by atoms with Crippen molar-refractivity contribution in [1.82, 2.24) is 5.32 Å². The van der Waals surface area contributed by atoms with Crippen LogP contribution in [0, 0.1) is 0 Å². The van der Waals surface area contributed by atoms with E-state index in [2.05, 4.69) is 5.32 Å². The topological polar surface area (TPSA) is 89.8 Å². The standard InChI is InChI=1S/C7H15NO4/c1-2-6(10)3-5(4-9)8-7(11)12/h5-6,8-10H,2-4H2,1H3,(H,11,12). The molecule has 0 aliphatic rings. The van der Waals surface area contributed by atoms with Gasteiger partial charge in [-0.2, -0.15) is 0 Å². The van der Waals surface area contributed by atoms with Crippen molar-refractivity contribution in [1.29, 1.82) is 0 Å². The number of hydrogen-bond donors (Lipinski definition) is 4. The van der Waals surface area contributed by atoms with Crippen LogP contribution in [-0.4, -0.2) is 40.2 Å². The molecule has 12 heavy (non-hydrogen) atoms. The molecule has 0 saturated heterocycles. The molecule has 0 aromatic heterocycles. The Labute approximate surface area is 71.0 Å². The largest absolute Gasteiger partial charge is 0.465 e. The highest BCUT2D eigenvalue weighted by molar-refractivity contribution is 5.64. The first-order valence-corrected chi connectivity index (χ1v) is 3.88. The summed E-state index contributed by atoms with van der Waals surface area (Å²) >= 11 is 0. The van der Waals surface area contributed by atoms with Crippen molar-refractivity contribution < 1.29 is 20.1 Å². The average molecular weight is 177 g/mol. The molecule has 0 radical (unpaired) electrons. The lowest BCUT2D eigenvalue weighted by molar-refractivity contribution is 0.121. The Balaban J connectivity index is 3.74. The molecule has 0 heterocycles. The molecule has 2 atom stereocenters. The lowest BCUT2D eigenvalue weighted by Crippen LogP contribution is -2.38. The Morgan fingerprint density at radius 1 is 1.58 bits per heavy atom. The zero-order valence-electron chi connectivity index (χ0n) is 7.03. The Kier molecular flexibility index (Phi) is 5.40. The minimum atomic E-state index is -1.18. The third-order valence-corrected chi connectivity index (χ3v) is 1.58. The minimum absolute atomic E-state index is 0.249. The van der Waals surface area contributed by atoms with Gasteiger partial charge < -0.3 is 20.6 Å². The lowest BCUT2D eigenvalue weighted by atomic mass is 10.1. The summed E-state index contributed by atoms with van der Waals surface area (Å²) in [4.78, 5) is 10.1. The number of amides is 1. The predicted molar refractivity (Wildman–Crippen MR) is 42.9 cm³/mol. The molecule has 0 fully saturated rings. The second-order valence-electron chi connectivity index (χ2n) is 2.63. The smallest absolute Gasteiger partial charge is 0.404 e. The molecule has 1 amide bonds. The fourth-order valence-electron chi connectivity index (χ4n) is 0.849. The van der Waals surface area contributed by atoms with E-state index >= 15 is 0 Å². The Hall–Kier alpha value is -0.810. The van der Waals surface area contributed by atoms with Crippen molar-refractivity contribution in [2.75, 3.05) is 6.61 Å². The van der Waals surface area contributed by atoms with Gasteiger partial charge in [0.1, 0.15) is 0 Å². The molecule has 5 heteroatoms. The first-order chi connectivity index (χ1) is 5.60. The van der Waals surface area contributed by atoms with Crippen LogP contribution in [0.4, 0.5) is 4.79 Å². The van der Waals surface area contributed by atoms with Gasteiger partial charge in [-0.25, -0.2) is 4.79 Å². The number of hydrogen-bond acceptors (Lipinski definition) is 3. The maximum Gasteiger partial charge on any atom is 0.404 e. The van der Waals surface area contributed by atoms with Crippen LogP contribution in [0.5, 0.6) is 0 Å². The Morgan fingerprint density at radius 3 is 2.50 bits per heavy atom. The highest BCUT2D eigenvalue weighted by atomic mass is 16.4. The molecule has 0 aliphatic heterocycles. The van der Waals surface area contributed by atoms with Gasteiger partial charge in [0.2, 0.25) is 0 Å². The highest BCUT2D eigenvalue weighted by Gasteiger charge is 2.13. The molecule has 0 spiro atoms. The SMILES string of the molecule is CCC(O)CC(CO)NC(=O)O. The molecule has 72 valence electrons. The molecule has 0 saturated carbocycles. The van der Waals surface area contributed by atoms with E-state index in [4.69, 9.17) is 15.3 Å². The van der Waals surface area contributed by atoms with Crippen LogP contribution in [0.15, 0.2) is 0 Å². The van der Waals surface area contributed by atoms with E-state index in [9.17, 15) is 4.79 Å². The van der Waals surface area contributed by atoms with E-state index in [1.165, 1.54) is 0 Å². The Bertz CT molecular complexity index is 139. The van der Waals surface area contributed by atoms with Gasteiger partial charge in [0.25, 0.3) is 0 Å². The van der Waals surface area contributed by atoms with E-state index in [1.807, 2.05) is 0 Å². The number of aliphatic hydroxyl groups excluding tert-OH is 2. The van der Waals surface area contributed by atoms with E-state index in [-0.39, 0.29) is 13.0 Å². The van der Waals surface area contributed by atoms with Crippen LogP contribution >= 0.6 is 0 Å². The van der Waals surface area contributed by atoms with E-state index in [0.29, 0.717) is 6.42 Å². The van der Waals surface area contributed by atoms with Gasteiger partial charge in [-0.1, -0.05) is 6.92 Å². The van der Waals surface area contributed by atoms with Gasteiger partial charge in [0.15, 0.2) is 0 Å².